The van der Waals surface area contributed by atoms with Gasteiger partial charge in [0.2, 0.25) is 0 Å². The Bertz CT molecular complexity index is 444. The zero-order chi connectivity index (χ0) is 14.4. The molecule has 1 aliphatic heterocycles. The number of rotatable bonds is 6. The van der Waals surface area contributed by atoms with Crippen molar-refractivity contribution in [2.75, 3.05) is 31.1 Å². The van der Waals surface area contributed by atoms with Gasteiger partial charge in [-0.3, -0.25) is 10.1 Å². The van der Waals surface area contributed by atoms with E-state index in [2.05, 4.69) is 17.1 Å². The normalized spacial score (nSPS) is 16.1. The zero-order valence-corrected chi connectivity index (χ0v) is 12.0. The molecule has 0 unspecified atom stereocenters. The lowest BCUT2D eigenvalue weighted by Gasteiger charge is -2.31. The summed E-state index contributed by atoms with van der Waals surface area (Å²) < 4.78 is 0. The Morgan fingerprint density at radius 2 is 2.15 bits per heavy atom. The Balaban J connectivity index is 2.10. The highest BCUT2D eigenvalue weighted by atomic mass is 16.6. The summed E-state index contributed by atoms with van der Waals surface area (Å²) in [6.45, 7) is 6.26. The molecule has 0 amide bonds. The molecule has 5 nitrogen and oxygen atoms in total. The highest BCUT2D eigenvalue weighted by Gasteiger charge is 2.18. The number of nitrogens with zero attached hydrogens (tertiary/aromatic N) is 2. The van der Waals surface area contributed by atoms with E-state index >= 15 is 0 Å². The summed E-state index contributed by atoms with van der Waals surface area (Å²) in [5.74, 6) is 0.682. The van der Waals surface area contributed by atoms with Gasteiger partial charge >= 0.3 is 0 Å². The number of anilines is 1. The van der Waals surface area contributed by atoms with Crippen molar-refractivity contribution in [1.82, 2.24) is 5.32 Å². The van der Waals surface area contributed by atoms with Gasteiger partial charge in [-0.05, 0) is 44.3 Å². The second kappa shape index (κ2) is 7.24. The maximum absolute atomic E-state index is 10.9. The minimum absolute atomic E-state index is 0.175. The summed E-state index contributed by atoms with van der Waals surface area (Å²) in [6.07, 6.45) is 3.43. The number of nitro groups is 1. The Kier molecular flexibility index (Phi) is 5.35. The molecule has 0 atom stereocenters. The fourth-order valence-electron chi connectivity index (χ4n) is 2.77. The number of benzene rings is 1. The maximum Gasteiger partial charge on any atom is 0.271 e. The molecule has 0 spiro atoms. The van der Waals surface area contributed by atoms with Crippen LogP contribution >= 0.6 is 0 Å². The Labute approximate surface area is 120 Å². The Morgan fingerprint density at radius 3 is 2.80 bits per heavy atom. The molecular weight excluding hydrogens is 254 g/mol. The predicted molar refractivity (Wildman–Crippen MR) is 81.2 cm³/mol. The molecule has 1 fully saturated rings. The lowest BCUT2D eigenvalue weighted by molar-refractivity contribution is -0.384. The van der Waals surface area contributed by atoms with Gasteiger partial charge < -0.3 is 10.2 Å². The van der Waals surface area contributed by atoms with Crippen LogP contribution in [0.2, 0.25) is 0 Å². The van der Waals surface area contributed by atoms with Crippen LogP contribution in [0.4, 0.5) is 11.4 Å². The Hall–Kier alpha value is -1.62. The van der Waals surface area contributed by atoms with Crippen molar-refractivity contribution in [1.29, 1.82) is 0 Å². The lowest BCUT2D eigenvalue weighted by Crippen LogP contribution is -2.36. The number of nitro benzene ring substituents is 1. The minimum atomic E-state index is -0.321. The molecule has 5 heteroatoms. The monoisotopic (exact) mass is 277 g/mol. The number of hydrogen-bond donors (Lipinski definition) is 1. The van der Waals surface area contributed by atoms with Gasteiger partial charge in [0.25, 0.3) is 5.69 Å². The van der Waals surface area contributed by atoms with Crippen LogP contribution in [-0.2, 0) is 0 Å². The topological polar surface area (TPSA) is 58.4 Å². The Morgan fingerprint density at radius 1 is 1.40 bits per heavy atom. The third kappa shape index (κ3) is 3.93. The van der Waals surface area contributed by atoms with Gasteiger partial charge in [-0.25, -0.2) is 0 Å². The van der Waals surface area contributed by atoms with Crippen LogP contribution in [0.1, 0.15) is 26.2 Å². The molecule has 0 aliphatic carbocycles. The highest BCUT2D eigenvalue weighted by Crippen LogP contribution is 2.24. The fraction of sp³-hybridized carbons (Fsp3) is 0.600. The summed E-state index contributed by atoms with van der Waals surface area (Å²) in [5, 5.41) is 14.3. The molecule has 1 aliphatic rings. The van der Waals surface area contributed by atoms with Crippen molar-refractivity contribution >= 4 is 11.4 Å². The van der Waals surface area contributed by atoms with Gasteiger partial charge in [0.05, 0.1) is 4.92 Å². The number of hydrogen-bond acceptors (Lipinski definition) is 4. The number of non-ortho nitro benzene ring substituents is 1. The van der Waals surface area contributed by atoms with E-state index in [4.69, 9.17) is 0 Å². The first-order valence-corrected chi connectivity index (χ1v) is 7.41. The molecule has 1 saturated heterocycles. The average molecular weight is 277 g/mol. The molecule has 2 rings (SSSR count). The summed E-state index contributed by atoms with van der Waals surface area (Å²) in [6, 6.07) is 7.00. The molecule has 20 heavy (non-hydrogen) atoms. The minimum Gasteiger partial charge on any atom is -0.371 e. The van der Waals surface area contributed by atoms with Crippen LogP contribution < -0.4 is 10.2 Å². The molecule has 1 N–H and O–H groups in total. The van der Waals surface area contributed by atoms with Crippen LogP contribution in [0.3, 0.4) is 0 Å². The van der Waals surface area contributed by atoms with Gasteiger partial charge in [0.15, 0.2) is 0 Å². The van der Waals surface area contributed by atoms with Crippen LogP contribution in [0.15, 0.2) is 24.3 Å². The third-order valence-corrected chi connectivity index (χ3v) is 3.84. The molecule has 110 valence electrons. The summed E-state index contributed by atoms with van der Waals surface area (Å²) in [5.41, 5.74) is 1.15. The highest BCUT2D eigenvalue weighted by molar-refractivity contribution is 5.53. The first-order valence-electron chi connectivity index (χ1n) is 7.41. The second-order valence-corrected chi connectivity index (χ2v) is 5.42. The van der Waals surface area contributed by atoms with Crippen molar-refractivity contribution in [3.63, 3.8) is 0 Å². The molecule has 1 aromatic rings. The van der Waals surface area contributed by atoms with Crippen LogP contribution in [0.25, 0.3) is 0 Å². The molecule has 1 aromatic carbocycles. The van der Waals surface area contributed by atoms with E-state index in [0.29, 0.717) is 5.92 Å². The number of nitrogens with one attached hydrogen (secondary N) is 1. The molecular formula is C15H23N3O2. The van der Waals surface area contributed by atoms with Gasteiger partial charge in [0.1, 0.15) is 0 Å². The van der Waals surface area contributed by atoms with Crippen molar-refractivity contribution in [2.45, 2.75) is 26.2 Å². The van der Waals surface area contributed by atoms with E-state index in [1.165, 1.54) is 12.8 Å². The van der Waals surface area contributed by atoms with Crippen molar-refractivity contribution in [2.24, 2.45) is 5.92 Å². The second-order valence-electron chi connectivity index (χ2n) is 5.42. The van der Waals surface area contributed by atoms with Gasteiger partial charge in [-0.1, -0.05) is 13.0 Å². The quantitative estimate of drug-likeness (QED) is 0.641. The van der Waals surface area contributed by atoms with Crippen LogP contribution in [-0.4, -0.2) is 31.1 Å². The maximum atomic E-state index is 10.9. The van der Waals surface area contributed by atoms with E-state index in [1.54, 1.807) is 18.2 Å². The van der Waals surface area contributed by atoms with Crippen molar-refractivity contribution in [3.8, 4) is 0 Å². The summed E-state index contributed by atoms with van der Waals surface area (Å²) in [7, 11) is 0. The summed E-state index contributed by atoms with van der Waals surface area (Å²) >= 11 is 0. The van der Waals surface area contributed by atoms with Crippen LogP contribution in [0.5, 0.6) is 0 Å². The lowest BCUT2D eigenvalue weighted by atomic mass is 9.97. The molecule has 0 bridgehead atoms. The van der Waals surface area contributed by atoms with Crippen molar-refractivity contribution in [3.05, 3.63) is 34.4 Å². The first-order chi connectivity index (χ1) is 9.70. The van der Waals surface area contributed by atoms with Gasteiger partial charge in [0, 0.05) is 30.9 Å². The SMILES string of the molecule is CCCN(CC1CCNCC1)c1cccc([N+](=O)[O-])c1. The van der Waals surface area contributed by atoms with Gasteiger partial charge in [-0.15, -0.1) is 0 Å². The van der Waals surface area contributed by atoms with E-state index in [-0.39, 0.29) is 10.6 Å². The molecule has 0 radical (unpaired) electrons. The molecule has 1 heterocycles. The third-order valence-electron chi connectivity index (χ3n) is 3.84. The average Bonchev–Trinajstić information content (AvgIpc) is 2.48. The first kappa shape index (κ1) is 14.8. The van der Waals surface area contributed by atoms with Crippen LogP contribution in [0, 0.1) is 16.0 Å². The number of piperidine rings is 1. The standard InChI is InChI=1S/C15H23N3O2/c1-2-10-17(12-13-6-8-16-9-7-13)14-4-3-5-15(11-14)18(19)20/h3-5,11,13,16H,2,6-10,12H2,1H3. The van der Waals surface area contributed by atoms with E-state index in [0.717, 1.165) is 38.3 Å². The largest absolute Gasteiger partial charge is 0.371 e. The van der Waals surface area contributed by atoms with E-state index in [9.17, 15) is 10.1 Å². The van der Waals surface area contributed by atoms with E-state index < -0.39 is 0 Å². The van der Waals surface area contributed by atoms with Crippen molar-refractivity contribution < 1.29 is 4.92 Å². The summed E-state index contributed by atoms with van der Waals surface area (Å²) in [4.78, 5) is 12.9. The predicted octanol–water partition coefficient (Wildman–Crippen LogP) is 2.81. The fourth-order valence-corrected chi connectivity index (χ4v) is 2.77. The van der Waals surface area contributed by atoms with E-state index in [1.807, 2.05) is 6.07 Å². The smallest absolute Gasteiger partial charge is 0.271 e. The zero-order valence-electron chi connectivity index (χ0n) is 12.0. The molecule has 0 aromatic heterocycles. The molecule has 0 saturated carbocycles. The van der Waals surface area contributed by atoms with Gasteiger partial charge in [-0.2, -0.15) is 0 Å².